The van der Waals surface area contributed by atoms with Crippen molar-refractivity contribution in [1.82, 2.24) is 0 Å². The molecule has 0 amide bonds. The molecule has 0 N–H and O–H groups in total. The summed E-state index contributed by atoms with van der Waals surface area (Å²) in [7, 11) is 1.50. The van der Waals surface area contributed by atoms with Gasteiger partial charge < -0.3 is 14.2 Å². The minimum atomic E-state index is -0.553. The molecule has 0 unspecified atom stereocenters. The summed E-state index contributed by atoms with van der Waals surface area (Å²) in [6, 6.07) is 9.30. The summed E-state index contributed by atoms with van der Waals surface area (Å²) in [5, 5.41) is 10.8. The molecule has 2 rings (SSSR count). The van der Waals surface area contributed by atoms with Crippen LogP contribution in [-0.2, 0) is 4.74 Å². The summed E-state index contributed by atoms with van der Waals surface area (Å²) in [6.45, 7) is 2.48. The second-order valence-electron chi connectivity index (χ2n) is 5.72. The van der Waals surface area contributed by atoms with Crippen molar-refractivity contribution in [3.63, 3.8) is 0 Å². The fourth-order valence-electron chi connectivity index (χ4n) is 2.50. The smallest absolute Gasteiger partial charge is 0.235 e. The Bertz CT molecular complexity index is 807. The molecule has 2 aromatic carbocycles. The van der Waals surface area contributed by atoms with E-state index in [0.717, 1.165) is 19.0 Å². The first kappa shape index (κ1) is 20.4. The van der Waals surface area contributed by atoms with Crippen LogP contribution in [0.4, 0.5) is 4.39 Å². The lowest BCUT2D eigenvalue weighted by atomic mass is 9.97. The number of ether oxygens (including phenoxy) is 3. The second kappa shape index (κ2) is 10.3. The van der Waals surface area contributed by atoms with Crippen LogP contribution in [0.5, 0.6) is 11.5 Å². The summed E-state index contributed by atoms with van der Waals surface area (Å²) in [5.41, 5.74) is 1.58. The van der Waals surface area contributed by atoms with Crippen LogP contribution >= 0.6 is 0 Å². The minimum Gasteiger partial charge on any atom is -0.489 e. The van der Waals surface area contributed by atoms with Crippen LogP contribution in [-0.4, -0.2) is 25.4 Å². The predicted molar refractivity (Wildman–Crippen MR) is 101 cm³/mol. The average molecular weight is 375 g/mol. The van der Waals surface area contributed by atoms with Gasteiger partial charge in [-0.25, -0.2) is 4.39 Å². The number of hydrogen-bond acceptors (Lipinski definition) is 5. The van der Waals surface area contributed by atoms with Gasteiger partial charge in [-0.3, -0.25) is 10.1 Å². The van der Waals surface area contributed by atoms with Gasteiger partial charge in [0.25, 0.3) is 0 Å². The van der Waals surface area contributed by atoms with Crippen LogP contribution in [0.3, 0.4) is 0 Å². The van der Waals surface area contributed by atoms with Crippen molar-refractivity contribution < 1.29 is 23.5 Å². The first-order chi connectivity index (χ1) is 13.1. The van der Waals surface area contributed by atoms with Crippen molar-refractivity contribution in [1.29, 1.82) is 0 Å². The lowest BCUT2D eigenvalue weighted by Gasteiger charge is -2.18. The summed E-state index contributed by atoms with van der Waals surface area (Å²) in [6.07, 6.45) is 3.95. The number of halogens is 1. The third kappa shape index (κ3) is 5.79. The zero-order valence-corrected chi connectivity index (χ0v) is 15.3. The maximum atomic E-state index is 13.8. The lowest BCUT2D eigenvalue weighted by Crippen LogP contribution is -2.05. The zero-order valence-electron chi connectivity index (χ0n) is 15.3. The topological polar surface area (TPSA) is 70.8 Å². The summed E-state index contributed by atoms with van der Waals surface area (Å²) in [4.78, 5) is 10.2. The van der Waals surface area contributed by atoms with E-state index in [2.05, 4.69) is 0 Å². The normalized spacial score (nSPS) is 10.9. The summed E-state index contributed by atoms with van der Waals surface area (Å²) in [5.74, 6) is 0.404. The molecule has 0 aliphatic carbocycles. The monoisotopic (exact) mass is 375 g/mol. The Labute approximate surface area is 157 Å². The van der Waals surface area contributed by atoms with E-state index in [-0.39, 0.29) is 6.79 Å². The molecule has 7 heteroatoms. The molecule has 0 saturated carbocycles. The van der Waals surface area contributed by atoms with Crippen molar-refractivity contribution in [3.05, 3.63) is 64.1 Å². The van der Waals surface area contributed by atoms with Crippen LogP contribution in [0.2, 0.25) is 0 Å². The van der Waals surface area contributed by atoms with Gasteiger partial charge in [-0.15, -0.1) is 0 Å². The molecule has 0 saturated heterocycles. The number of hydrogen-bond donors (Lipinski definition) is 0. The van der Waals surface area contributed by atoms with E-state index >= 15 is 0 Å². The van der Waals surface area contributed by atoms with Gasteiger partial charge in [-0.1, -0.05) is 31.5 Å². The lowest BCUT2D eigenvalue weighted by molar-refractivity contribution is -0.400. The highest BCUT2D eigenvalue weighted by molar-refractivity contribution is 5.82. The van der Waals surface area contributed by atoms with E-state index in [1.165, 1.54) is 25.3 Å². The van der Waals surface area contributed by atoms with Gasteiger partial charge in [-0.2, -0.15) is 0 Å². The van der Waals surface area contributed by atoms with Crippen molar-refractivity contribution in [2.75, 3.05) is 20.5 Å². The van der Waals surface area contributed by atoms with Gasteiger partial charge in [0.05, 0.1) is 11.5 Å². The summed E-state index contributed by atoms with van der Waals surface area (Å²) < 4.78 is 30.3. The fourth-order valence-corrected chi connectivity index (χ4v) is 2.50. The van der Waals surface area contributed by atoms with E-state index in [9.17, 15) is 14.5 Å². The van der Waals surface area contributed by atoms with Crippen molar-refractivity contribution in [2.45, 2.75) is 19.8 Å². The second-order valence-corrected chi connectivity index (χ2v) is 5.72. The molecular weight excluding hydrogens is 353 g/mol. The van der Waals surface area contributed by atoms with Gasteiger partial charge in [0.15, 0.2) is 18.3 Å². The molecule has 0 bridgehead atoms. The molecule has 0 atom stereocenters. The Kier molecular flexibility index (Phi) is 7.76. The van der Waals surface area contributed by atoms with Crippen LogP contribution in [0, 0.1) is 15.9 Å². The molecule has 144 valence electrons. The number of nitro groups is 1. The SMILES string of the molecule is CCCCOc1c(OCOC)ccc(/C=C/[N+](=O)[O-])c1-c1cccc(F)c1. The van der Waals surface area contributed by atoms with E-state index < -0.39 is 10.7 Å². The first-order valence-electron chi connectivity index (χ1n) is 8.56. The fraction of sp³-hybridized carbons (Fsp3) is 0.300. The Hall–Kier alpha value is -2.93. The minimum absolute atomic E-state index is 0.0107. The zero-order chi connectivity index (χ0) is 19.6. The average Bonchev–Trinajstić information content (AvgIpc) is 2.65. The molecule has 0 heterocycles. The van der Waals surface area contributed by atoms with Crippen molar-refractivity contribution in [2.24, 2.45) is 0 Å². The molecule has 0 fully saturated rings. The molecule has 27 heavy (non-hydrogen) atoms. The Morgan fingerprint density at radius 2 is 2.04 bits per heavy atom. The number of rotatable bonds is 10. The van der Waals surface area contributed by atoms with E-state index in [1.54, 1.807) is 24.3 Å². The van der Waals surface area contributed by atoms with Crippen LogP contribution in [0.1, 0.15) is 25.3 Å². The molecule has 0 radical (unpaired) electrons. The van der Waals surface area contributed by atoms with Gasteiger partial charge in [0, 0.05) is 18.7 Å². The standard InChI is InChI=1S/C20H22FNO5/c1-3-4-12-26-20-18(27-14-25-2)9-8-15(10-11-22(23)24)19(20)16-6-5-7-17(21)13-16/h5-11,13H,3-4,12,14H2,1-2H3/b11-10+. The van der Waals surface area contributed by atoms with Gasteiger partial charge in [0.1, 0.15) is 5.82 Å². The summed E-state index contributed by atoms with van der Waals surface area (Å²) >= 11 is 0. The van der Waals surface area contributed by atoms with Crippen LogP contribution < -0.4 is 9.47 Å². The number of methoxy groups -OCH3 is 1. The molecule has 6 nitrogen and oxygen atoms in total. The number of nitrogens with zero attached hydrogens (tertiary/aromatic N) is 1. The molecule has 2 aromatic rings. The first-order valence-corrected chi connectivity index (χ1v) is 8.56. The number of unbranched alkanes of at least 4 members (excludes halogenated alkanes) is 1. The molecule has 0 spiro atoms. The molecular formula is C20H22FNO5. The third-order valence-corrected chi connectivity index (χ3v) is 3.72. The van der Waals surface area contributed by atoms with Crippen molar-refractivity contribution in [3.8, 4) is 22.6 Å². The molecule has 0 aliphatic heterocycles. The maximum Gasteiger partial charge on any atom is 0.235 e. The van der Waals surface area contributed by atoms with Crippen LogP contribution in [0.15, 0.2) is 42.6 Å². The molecule has 0 aliphatic rings. The van der Waals surface area contributed by atoms with Gasteiger partial charge in [0.2, 0.25) is 6.20 Å². The molecule has 0 aromatic heterocycles. The number of benzene rings is 2. The Balaban J connectivity index is 2.63. The highest BCUT2D eigenvalue weighted by atomic mass is 19.1. The third-order valence-electron chi connectivity index (χ3n) is 3.72. The Morgan fingerprint density at radius 1 is 1.22 bits per heavy atom. The van der Waals surface area contributed by atoms with E-state index in [0.29, 0.717) is 34.8 Å². The predicted octanol–water partition coefficient (Wildman–Crippen LogP) is 4.90. The quantitative estimate of drug-likeness (QED) is 0.256. The highest BCUT2D eigenvalue weighted by Gasteiger charge is 2.18. The van der Waals surface area contributed by atoms with E-state index in [4.69, 9.17) is 14.2 Å². The largest absolute Gasteiger partial charge is 0.489 e. The Morgan fingerprint density at radius 3 is 2.70 bits per heavy atom. The van der Waals surface area contributed by atoms with E-state index in [1.807, 2.05) is 6.92 Å². The van der Waals surface area contributed by atoms with Gasteiger partial charge in [-0.05, 0) is 35.7 Å². The van der Waals surface area contributed by atoms with Gasteiger partial charge >= 0.3 is 0 Å². The van der Waals surface area contributed by atoms with Crippen molar-refractivity contribution >= 4 is 6.08 Å². The van der Waals surface area contributed by atoms with Crippen LogP contribution in [0.25, 0.3) is 17.2 Å². The maximum absolute atomic E-state index is 13.8. The highest BCUT2D eigenvalue weighted by Crippen LogP contribution is 2.42.